The maximum Gasteiger partial charge on any atom is 0.316 e. The van der Waals surface area contributed by atoms with E-state index in [0.29, 0.717) is 18.6 Å². The highest BCUT2D eigenvalue weighted by atomic mass is 31.0. The summed E-state index contributed by atoms with van der Waals surface area (Å²) >= 11 is 0. The van der Waals surface area contributed by atoms with Crippen molar-refractivity contribution in [3.63, 3.8) is 0 Å². The van der Waals surface area contributed by atoms with E-state index in [1.807, 2.05) is 39.8 Å². The van der Waals surface area contributed by atoms with E-state index >= 15 is 0 Å². The SMILES string of the molecule is CCCCOC(=O)C(CCCC)C(=O)c1c(C)cc(C)cc1C.O=[PH2+]. The van der Waals surface area contributed by atoms with Crippen LogP contribution < -0.4 is 0 Å². The highest BCUT2D eigenvalue weighted by Crippen LogP contribution is 2.24. The molecule has 5 heteroatoms. The Balaban J connectivity index is 0.00000277. The lowest BCUT2D eigenvalue weighted by Crippen LogP contribution is -2.28. The Morgan fingerprint density at radius 1 is 1.00 bits per heavy atom. The van der Waals surface area contributed by atoms with Gasteiger partial charge in [-0.3, -0.25) is 9.59 Å². The van der Waals surface area contributed by atoms with Gasteiger partial charge in [0, 0.05) is 5.56 Å². The maximum atomic E-state index is 13.0. The molecule has 25 heavy (non-hydrogen) atoms. The van der Waals surface area contributed by atoms with Gasteiger partial charge in [-0.2, -0.15) is 0 Å². The van der Waals surface area contributed by atoms with E-state index in [4.69, 9.17) is 9.30 Å². The molecule has 0 aliphatic heterocycles. The maximum absolute atomic E-state index is 13.0. The van der Waals surface area contributed by atoms with Crippen LogP contribution in [0.1, 0.15) is 73.0 Å². The summed E-state index contributed by atoms with van der Waals surface area (Å²) in [5.74, 6) is -1.13. The molecule has 1 aromatic carbocycles. The van der Waals surface area contributed by atoms with Gasteiger partial charge in [-0.1, -0.05) is 55.4 Å². The molecular formula is C20H32O4P+. The molecule has 4 nitrogen and oxygen atoms in total. The van der Waals surface area contributed by atoms with Gasteiger partial charge in [0.25, 0.3) is 0 Å². The minimum Gasteiger partial charge on any atom is -0.465 e. The molecule has 1 aromatic rings. The molecule has 0 aromatic heterocycles. The van der Waals surface area contributed by atoms with Crippen LogP contribution in [0.4, 0.5) is 0 Å². The molecule has 0 aliphatic rings. The Hall–Kier alpha value is -1.54. The summed E-state index contributed by atoms with van der Waals surface area (Å²) < 4.78 is 13.5. The lowest BCUT2D eigenvalue weighted by atomic mass is 9.87. The number of ether oxygens (including phenoxy) is 1. The molecule has 0 radical (unpaired) electrons. The fraction of sp³-hybridized carbons (Fsp3) is 0.600. The Morgan fingerprint density at radius 3 is 2.00 bits per heavy atom. The molecule has 0 bridgehead atoms. The number of benzene rings is 1. The fourth-order valence-corrected chi connectivity index (χ4v) is 2.92. The average molecular weight is 367 g/mol. The minimum absolute atomic E-state index is 0.0880. The third-order valence-electron chi connectivity index (χ3n) is 4.11. The second-order valence-electron chi connectivity index (χ2n) is 6.35. The van der Waals surface area contributed by atoms with E-state index in [2.05, 4.69) is 6.92 Å². The molecule has 140 valence electrons. The smallest absolute Gasteiger partial charge is 0.316 e. The van der Waals surface area contributed by atoms with Gasteiger partial charge in [0.15, 0.2) is 5.78 Å². The van der Waals surface area contributed by atoms with Crippen LogP contribution in [-0.2, 0) is 14.1 Å². The van der Waals surface area contributed by atoms with Crippen molar-refractivity contribution in [3.8, 4) is 0 Å². The first kappa shape index (κ1) is 23.5. The van der Waals surface area contributed by atoms with Crippen molar-refractivity contribution in [2.75, 3.05) is 6.61 Å². The molecule has 0 fully saturated rings. The van der Waals surface area contributed by atoms with E-state index in [9.17, 15) is 9.59 Å². The van der Waals surface area contributed by atoms with Crippen LogP contribution in [0.5, 0.6) is 0 Å². The van der Waals surface area contributed by atoms with Crippen LogP contribution in [0.2, 0.25) is 0 Å². The summed E-state index contributed by atoms with van der Waals surface area (Å²) in [7, 11) is 1.17. The second-order valence-corrected chi connectivity index (χ2v) is 6.35. The van der Waals surface area contributed by atoms with Crippen molar-refractivity contribution in [1.82, 2.24) is 0 Å². The number of carbonyl (C=O) groups excluding carboxylic acids is 2. The summed E-state index contributed by atoms with van der Waals surface area (Å²) in [5.41, 5.74) is 3.70. The molecule has 0 saturated carbocycles. The topological polar surface area (TPSA) is 60.4 Å². The monoisotopic (exact) mass is 367 g/mol. The predicted molar refractivity (Wildman–Crippen MR) is 104 cm³/mol. The third kappa shape index (κ3) is 7.48. The molecule has 2 unspecified atom stereocenters. The van der Waals surface area contributed by atoms with Gasteiger partial charge in [0.1, 0.15) is 5.92 Å². The average Bonchev–Trinajstić information content (AvgIpc) is 2.56. The zero-order valence-electron chi connectivity index (χ0n) is 16.2. The first-order valence-corrected chi connectivity index (χ1v) is 9.41. The van der Waals surface area contributed by atoms with Gasteiger partial charge in [-0.15, -0.1) is 0 Å². The Labute approximate surface area is 154 Å². The number of aryl methyl sites for hydroxylation is 3. The number of hydrogen-bond donors (Lipinski definition) is 0. The molecule has 0 N–H and O–H groups in total. The van der Waals surface area contributed by atoms with Crippen LogP contribution in [0.25, 0.3) is 0 Å². The second kappa shape index (κ2) is 12.8. The normalized spacial score (nSPS) is 11.2. The first-order valence-electron chi connectivity index (χ1n) is 8.94. The van der Waals surface area contributed by atoms with E-state index in [1.165, 1.54) is 9.12 Å². The van der Waals surface area contributed by atoms with Crippen molar-refractivity contribution in [2.45, 2.75) is 66.7 Å². The van der Waals surface area contributed by atoms with E-state index in [0.717, 1.165) is 42.4 Å². The quantitative estimate of drug-likeness (QED) is 0.199. The summed E-state index contributed by atoms with van der Waals surface area (Å²) in [6, 6.07) is 4.00. The van der Waals surface area contributed by atoms with Crippen LogP contribution in [-0.4, -0.2) is 18.4 Å². The largest absolute Gasteiger partial charge is 0.465 e. The predicted octanol–water partition coefficient (Wildman–Crippen LogP) is 5.15. The Bertz CT molecular complexity index is 546. The molecule has 1 rings (SSSR count). The lowest BCUT2D eigenvalue weighted by Gasteiger charge is -2.18. The standard InChI is InChI=1S/C20H30O3.H2OP/c1-6-8-10-17(20(22)23-11-9-7-2)19(21)18-15(4)12-14(3)13-16(18)5;1-2/h12-13,17H,6-11H2,1-5H3;2H2/q;+1. The van der Waals surface area contributed by atoms with Crippen molar-refractivity contribution in [2.24, 2.45) is 5.92 Å². The van der Waals surface area contributed by atoms with Gasteiger partial charge in [-0.05, 0) is 44.7 Å². The number of hydrogen-bond acceptors (Lipinski definition) is 4. The van der Waals surface area contributed by atoms with E-state index < -0.39 is 5.92 Å². The van der Waals surface area contributed by atoms with Gasteiger partial charge in [-0.25, -0.2) is 0 Å². The summed E-state index contributed by atoms with van der Waals surface area (Å²) in [5, 5.41) is 0. The first-order chi connectivity index (χ1) is 11.9. The van der Waals surface area contributed by atoms with Crippen molar-refractivity contribution >= 4 is 20.9 Å². The number of esters is 1. The highest BCUT2D eigenvalue weighted by Gasteiger charge is 2.30. The van der Waals surface area contributed by atoms with Crippen LogP contribution in [0.15, 0.2) is 12.1 Å². The Morgan fingerprint density at radius 2 is 1.52 bits per heavy atom. The van der Waals surface area contributed by atoms with Crippen LogP contribution >= 0.6 is 9.12 Å². The van der Waals surface area contributed by atoms with Gasteiger partial charge in [0.2, 0.25) is 0 Å². The van der Waals surface area contributed by atoms with Crippen LogP contribution in [0.3, 0.4) is 0 Å². The zero-order chi connectivity index (χ0) is 19.4. The fourth-order valence-electron chi connectivity index (χ4n) is 2.92. The highest BCUT2D eigenvalue weighted by molar-refractivity contribution is 7.00. The molecule has 0 heterocycles. The van der Waals surface area contributed by atoms with Crippen molar-refractivity contribution in [3.05, 3.63) is 34.4 Å². The summed E-state index contributed by atoms with van der Waals surface area (Å²) in [6.45, 7) is 10.4. The number of carbonyl (C=O) groups is 2. The molecule has 0 spiro atoms. The van der Waals surface area contributed by atoms with Crippen molar-refractivity contribution < 1.29 is 18.9 Å². The number of unbranched alkanes of at least 4 members (excludes halogenated alkanes) is 2. The zero-order valence-corrected chi connectivity index (χ0v) is 17.3. The lowest BCUT2D eigenvalue weighted by molar-refractivity contribution is -0.147. The molecule has 0 aliphatic carbocycles. The van der Waals surface area contributed by atoms with Gasteiger partial charge in [0.05, 0.1) is 6.61 Å². The molecule has 0 saturated heterocycles. The molecular weight excluding hydrogens is 335 g/mol. The minimum atomic E-state index is -0.674. The van der Waals surface area contributed by atoms with Crippen LogP contribution in [0, 0.1) is 26.7 Å². The number of rotatable bonds is 9. The molecule has 2 atom stereocenters. The Kier molecular flexibility index (Phi) is 12.0. The van der Waals surface area contributed by atoms with E-state index in [-0.39, 0.29) is 11.8 Å². The van der Waals surface area contributed by atoms with Gasteiger partial charge < -0.3 is 4.74 Å². The van der Waals surface area contributed by atoms with Gasteiger partial charge >= 0.3 is 15.1 Å². The number of ketones is 1. The summed E-state index contributed by atoms with van der Waals surface area (Å²) in [6.07, 6.45) is 4.17. The molecule has 0 amide bonds. The van der Waals surface area contributed by atoms with E-state index in [1.54, 1.807) is 0 Å². The van der Waals surface area contributed by atoms with Crippen molar-refractivity contribution in [1.29, 1.82) is 0 Å². The summed E-state index contributed by atoms with van der Waals surface area (Å²) in [4.78, 5) is 25.4. The number of Topliss-reactive ketones (excluding diaryl/α,β-unsaturated/α-hetero) is 1. The third-order valence-corrected chi connectivity index (χ3v) is 4.11.